The van der Waals surface area contributed by atoms with E-state index in [0.717, 1.165) is 24.1 Å². The van der Waals surface area contributed by atoms with E-state index in [0.29, 0.717) is 5.65 Å². The number of halogens is 1. The SMILES string of the molecule is O=C(N[C@@H]1CCc2ccccc21)c1ccc(F)c(NC(=O)c2cnc3ccc(-n4ccnc4)cn23)c1. The monoisotopic (exact) mass is 480 g/mol. The minimum absolute atomic E-state index is 0.0832. The lowest BCUT2D eigenvalue weighted by Gasteiger charge is -2.15. The fourth-order valence-corrected chi connectivity index (χ4v) is 4.60. The first kappa shape index (κ1) is 21.7. The highest BCUT2D eigenvalue weighted by atomic mass is 19.1. The number of benzene rings is 2. The fraction of sp³-hybridized carbons (Fsp3) is 0.111. The Bertz CT molecular complexity index is 1610. The Morgan fingerprint density at radius 3 is 2.81 bits per heavy atom. The zero-order valence-corrected chi connectivity index (χ0v) is 19.1. The number of amides is 2. The number of aryl methyl sites for hydroxylation is 1. The predicted octanol–water partition coefficient (Wildman–Crippen LogP) is 4.33. The maximum Gasteiger partial charge on any atom is 0.274 e. The molecule has 0 fully saturated rings. The van der Waals surface area contributed by atoms with Crippen molar-refractivity contribution in [3.8, 4) is 5.69 Å². The van der Waals surface area contributed by atoms with E-state index in [1.165, 1.54) is 30.0 Å². The van der Waals surface area contributed by atoms with Gasteiger partial charge in [0.1, 0.15) is 17.2 Å². The van der Waals surface area contributed by atoms with Crippen molar-refractivity contribution in [2.45, 2.75) is 18.9 Å². The number of aromatic nitrogens is 4. The highest BCUT2D eigenvalue weighted by Crippen LogP contribution is 2.31. The molecule has 0 radical (unpaired) electrons. The average Bonchev–Trinajstić information content (AvgIpc) is 3.65. The molecule has 178 valence electrons. The third-order valence-electron chi connectivity index (χ3n) is 6.44. The molecular formula is C27H21FN6O2. The molecule has 0 saturated carbocycles. The normalized spacial score (nSPS) is 14.5. The van der Waals surface area contributed by atoms with Crippen molar-refractivity contribution >= 4 is 23.1 Å². The number of imidazole rings is 2. The second kappa shape index (κ2) is 8.77. The molecule has 1 aliphatic rings. The molecule has 0 unspecified atom stereocenters. The maximum atomic E-state index is 14.6. The summed E-state index contributed by atoms with van der Waals surface area (Å²) in [5.74, 6) is -1.52. The highest BCUT2D eigenvalue weighted by molar-refractivity contribution is 6.04. The Kier molecular flexibility index (Phi) is 5.29. The van der Waals surface area contributed by atoms with Gasteiger partial charge in [0.15, 0.2) is 0 Å². The van der Waals surface area contributed by atoms with Gasteiger partial charge in [0.25, 0.3) is 11.8 Å². The minimum atomic E-state index is -0.640. The number of hydrogen-bond donors (Lipinski definition) is 2. The molecule has 2 amide bonds. The van der Waals surface area contributed by atoms with Crippen molar-refractivity contribution in [2.75, 3.05) is 5.32 Å². The van der Waals surface area contributed by atoms with Crippen molar-refractivity contribution < 1.29 is 14.0 Å². The lowest BCUT2D eigenvalue weighted by molar-refractivity contribution is 0.0935. The molecule has 0 spiro atoms. The van der Waals surface area contributed by atoms with Crippen LogP contribution in [0.1, 0.15) is 44.4 Å². The molecule has 1 atom stereocenters. The summed E-state index contributed by atoms with van der Waals surface area (Å²) in [6.45, 7) is 0. The molecule has 6 rings (SSSR count). The van der Waals surface area contributed by atoms with E-state index >= 15 is 0 Å². The van der Waals surface area contributed by atoms with Crippen LogP contribution in [0.2, 0.25) is 0 Å². The van der Waals surface area contributed by atoms with Gasteiger partial charge in [-0.1, -0.05) is 24.3 Å². The summed E-state index contributed by atoms with van der Waals surface area (Å²) in [4.78, 5) is 34.3. The molecule has 9 heteroatoms. The van der Waals surface area contributed by atoms with Crippen LogP contribution >= 0.6 is 0 Å². The van der Waals surface area contributed by atoms with Crippen LogP contribution in [0, 0.1) is 5.82 Å². The number of rotatable bonds is 5. The van der Waals surface area contributed by atoms with Gasteiger partial charge in [-0.25, -0.2) is 14.4 Å². The number of fused-ring (bicyclic) bond motifs is 2. The van der Waals surface area contributed by atoms with Crippen molar-refractivity contribution in [3.05, 3.63) is 114 Å². The molecule has 5 aromatic rings. The zero-order chi connectivity index (χ0) is 24.6. The van der Waals surface area contributed by atoms with Crippen molar-refractivity contribution in [2.24, 2.45) is 0 Å². The van der Waals surface area contributed by atoms with E-state index in [4.69, 9.17) is 0 Å². The molecule has 36 heavy (non-hydrogen) atoms. The van der Waals surface area contributed by atoms with E-state index in [1.54, 1.807) is 40.0 Å². The van der Waals surface area contributed by atoms with E-state index in [-0.39, 0.29) is 28.9 Å². The summed E-state index contributed by atoms with van der Waals surface area (Å²) in [5, 5.41) is 5.62. The molecule has 3 aromatic heterocycles. The zero-order valence-electron chi connectivity index (χ0n) is 19.1. The van der Waals surface area contributed by atoms with Crippen LogP contribution in [0.4, 0.5) is 10.1 Å². The third kappa shape index (κ3) is 3.90. The Morgan fingerprint density at radius 1 is 1.06 bits per heavy atom. The van der Waals surface area contributed by atoms with E-state index in [2.05, 4.69) is 26.7 Å². The lowest BCUT2D eigenvalue weighted by Crippen LogP contribution is -2.27. The van der Waals surface area contributed by atoms with Gasteiger partial charge in [-0.3, -0.25) is 14.0 Å². The highest BCUT2D eigenvalue weighted by Gasteiger charge is 2.24. The first-order valence-electron chi connectivity index (χ1n) is 11.5. The van der Waals surface area contributed by atoms with Crippen LogP contribution in [0.25, 0.3) is 11.3 Å². The Balaban J connectivity index is 1.23. The van der Waals surface area contributed by atoms with Crippen LogP contribution in [0.3, 0.4) is 0 Å². The number of carbonyl (C=O) groups excluding carboxylic acids is 2. The van der Waals surface area contributed by atoms with Gasteiger partial charge in [-0.15, -0.1) is 0 Å². The summed E-state index contributed by atoms with van der Waals surface area (Å²) in [6.07, 6.45) is 9.97. The quantitative estimate of drug-likeness (QED) is 0.392. The van der Waals surface area contributed by atoms with Crippen molar-refractivity contribution in [3.63, 3.8) is 0 Å². The van der Waals surface area contributed by atoms with Crippen molar-refractivity contribution in [1.29, 1.82) is 0 Å². The second-order valence-electron chi connectivity index (χ2n) is 8.64. The van der Waals surface area contributed by atoms with E-state index in [1.807, 2.05) is 24.3 Å². The van der Waals surface area contributed by atoms with E-state index in [9.17, 15) is 14.0 Å². The topological polar surface area (TPSA) is 93.3 Å². The molecule has 2 aromatic carbocycles. The number of carbonyl (C=O) groups is 2. The molecule has 8 nitrogen and oxygen atoms in total. The van der Waals surface area contributed by atoms with Gasteiger partial charge in [-0.05, 0) is 54.3 Å². The second-order valence-corrected chi connectivity index (χ2v) is 8.64. The van der Waals surface area contributed by atoms with Gasteiger partial charge in [0, 0.05) is 24.2 Å². The summed E-state index contributed by atoms with van der Waals surface area (Å²) in [7, 11) is 0. The standard InChI is InChI=1S/C27H21FN6O2/c28-21-8-5-18(26(35)31-22-9-6-17-3-1-2-4-20(17)22)13-23(21)32-27(36)24-14-30-25-10-7-19(15-34(24)25)33-12-11-29-16-33/h1-5,7-8,10-16,22H,6,9H2,(H,31,35)(H,32,36)/t22-/m1/s1. The first-order chi connectivity index (χ1) is 17.6. The van der Waals surface area contributed by atoms with Gasteiger partial charge in [-0.2, -0.15) is 0 Å². The van der Waals surface area contributed by atoms with Crippen molar-refractivity contribution in [1.82, 2.24) is 24.3 Å². The molecule has 0 saturated heterocycles. The molecule has 2 N–H and O–H groups in total. The van der Waals surface area contributed by atoms with E-state index < -0.39 is 11.7 Å². The molecule has 0 bridgehead atoms. The Labute approximate surface area is 205 Å². The average molecular weight is 481 g/mol. The number of pyridine rings is 1. The van der Waals surface area contributed by atoms with Crippen LogP contribution < -0.4 is 10.6 Å². The lowest BCUT2D eigenvalue weighted by atomic mass is 10.1. The largest absolute Gasteiger partial charge is 0.345 e. The Morgan fingerprint density at radius 2 is 1.94 bits per heavy atom. The number of nitrogens with one attached hydrogen (secondary N) is 2. The third-order valence-corrected chi connectivity index (χ3v) is 6.44. The molecule has 1 aliphatic carbocycles. The van der Waals surface area contributed by atoms with Crippen LogP contribution in [-0.2, 0) is 6.42 Å². The smallest absolute Gasteiger partial charge is 0.274 e. The summed E-state index contributed by atoms with van der Waals surface area (Å²) >= 11 is 0. The van der Waals surface area contributed by atoms with Gasteiger partial charge in [0.05, 0.1) is 29.9 Å². The maximum absolute atomic E-state index is 14.6. The van der Waals surface area contributed by atoms with Gasteiger partial charge >= 0.3 is 0 Å². The number of anilines is 1. The fourth-order valence-electron chi connectivity index (χ4n) is 4.60. The van der Waals surface area contributed by atoms with Crippen LogP contribution in [0.15, 0.2) is 85.7 Å². The minimum Gasteiger partial charge on any atom is -0.345 e. The number of hydrogen-bond acceptors (Lipinski definition) is 4. The summed E-state index contributed by atoms with van der Waals surface area (Å²) in [5.41, 5.74) is 4.07. The van der Waals surface area contributed by atoms with Gasteiger partial charge < -0.3 is 15.2 Å². The molecule has 0 aliphatic heterocycles. The molecule has 3 heterocycles. The predicted molar refractivity (Wildman–Crippen MR) is 132 cm³/mol. The van der Waals surface area contributed by atoms with Crippen LogP contribution in [-0.4, -0.2) is 30.8 Å². The summed E-state index contributed by atoms with van der Waals surface area (Å²) < 4.78 is 18.0. The summed E-state index contributed by atoms with van der Waals surface area (Å²) in [6, 6.07) is 15.5. The Hall–Kier alpha value is -4.79. The van der Waals surface area contributed by atoms with Crippen LogP contribution in [0.5, 0.6) is 0 Å². The first-order valence-corrected chi connectivity index (χ1v) is 11.5. The number of nitrogens with zero attached hydrogens (tertiary/aromatic N) is 4. The van der Waals surface area contributed by atoms with Gasteiger partial charge in [0.2, 0.25) is 0 Å². The molecular weight excluding hydrogens is 459 g/mol.